The highest BCUT2D eigenvalue weighted by atomic mass is 16.5. The average Bonchev–Trinajstić information content (AvgIpc) is 2.81. The predicted octanol–water partition coefficient (Wildman–Crippen LogP) is 2.53. The van der Waals surface area contributed by atoms with Crippen LogP contribution in [0.1, 0.15) is 58.1 Å². The molecule has 0 radical (unpaired) electrons. The first-order valence-corrected chi connectivity index (χ1v) is 7.29. The molecule has 0 unspecified atom stereocenters. The maximum atomic E-state index is 11.2. The Kier molecular flexibility index (Phi) is 7.15. The van der Waals surface area contributed by atoms with Crippen molar-refractivity contribution in [3.63, 3.8) is 0 Å². The first kappa shape index (κ1) is 15.7. The summed E-state index contributed by atoms with van der Waals surface area (Å²) in [5.41, 5.74) is 0. The maximum Gasteiger partial charge on any atom is 0.305 e. The smallest absolute Gasteiger partial charge is 0.305 e. The van der Waals surface area contributed by atoms with Crippen LogP contribution in [0.5, 0.6) is 0 Å². The van der Waals surface area contributed by atoms with Crippen molar-refractivity contribution in [2.24, 2.45) is 0 Å². The molecule has 0 saturated carbocycles. The van der Waals surface area contributed by atoms with Gasteiger partial charge in [0.2, 0.25) is 0 Å². The Bertz CT molecular complexity index is 388. The largest absolute Gasteiger partial charge is 0.466 e. The maximum absolute atomic E-state index is 11.2. The number of rotatable bonds is 9. The van der Waals surface area contributed by atoms with Gasteiger partial charge in [-0.1, -0.05) is 20.3 Å². The highest BCUT2D eigenvalue weighted by molar-refractivity contribution is 5.69. The Morgan fingerprint density at radius 2 is 1.95 bits per heavy atom. The monoisotopic (exact) mass is 267 g/mol. The van der Waals surface area contributed by atoms with Gasteiger partial charge in [-0.25, -0.2) is 9.67 Å². The van der Waals surface area contributed by atoms with Crippen molar-refractivity contribution in [2.75, 3.05) is 6.61 Å². The Labute approximate surface area is 115 Å². The van der Waals surface area contributed by atoms with Crippen LogP contribution in [0.2, 0.25) is 0 Å². The summed E-state index contributed by atoms with van der Waals surface area (Å²) in [4.78, 5) is 15.6. The molecule has 5 heteroatoms. The summed E-state index contributed by atoms with van der Waals surface area (Å²) in [6.45, 7) is 7.36. The lowest BCUT2D eigenvalue weighted by Gasteiger charge is -2.04. The van der Waals surface area contributed by atoms with Crippen LogP contribution in [-0.4, -0.2) is 27.3 Å². The molecule has 1 aromatic heterocycles. The molecule has 0 spiro atoms. The first-order chi connectivity index (χ1) is 9.21. The Morgan fingerprint density at radius 3 is 2.58 bits per heavy atom. The second kappa shape index (κ2) is 8.67. The second-order valence-corrected chi connectivity index (χ2v) is 4.49. The minimum atomic E-state index is -0.0919. The molecule has 0 N–H and O–H groups in total. The van der Waals surface area contributed by atoms with E-state index in [1.54, 1.807) is 0 Å². The molecule has 0 saturated heterocycles. The molecule has 0 aliphatic carbocycles. The summed E-state index contributed by atoms with van der Waals surface area (Å²) >= 11 is 0. The molecule has 1 heterocycles. The molecule has 1 aromatic rings. The van der Waals surface area contributed by atoms with Gasteiger partial charge < -0.3 is 4.74 Å². The van der Waals surface area contributed by atoms with Crippen molar-refractivity contribution in [3.8, 4) is 0 Å². The third-order valence-corrected chi connectivity index (χ3v) is 2.98. The van der Waals surface area contributed by atoms with Crippen LogP contribution in [0.3, 0.4) is 0 Å². The van der Waals surface area contributed by atoms with Gasteiger partial charge in [0.15, 0.2) is 5.82 Å². The van der Waals surface area contributed by atoms with E-state index in [9.17, 15) is 4.79 Å². The normalized spacial score (nSPS) is 10.7. The van der Waals surface area contributed by atoms with Gasteiger partial charge in [-0.3, -0.25) is 4.79 Å². The lowest BCUT2D eigenvalue weighted by Crippen LogP contribution is -2.06. The van der Waals surface area contributed by atoms with Crippen LogP contribution >= 0.6 is 0 Å². The van der Waals surface area contributed by atoms with Crippen molar-refractivity contribution in [1.82, 2.24) is 14.8 Å². The summed E-state index contributed by atoms with van der Waals surface area (Å²) < 4.78 is 6.90. The van der Waals surface area contributed by atoms with E-state index >= 15 is 0 Å². The molecule has 19 heavy (non-hydrogen) atoms. The topological polar surface area (TPSA) is 57.0 Å². The second-order valence-electron chi connectivity index (χ2n) is 4.49. The van der Waals surface area contributed by atoms with E-state index in [4.69, 9.17) is 4.74 Å². The molecule has 1 rings (SSSR count). The van der Waals surface area contributed by atoms with Crippen molar-refractivity contribution >= 4 is 5.97 Å². The number of unbranched alkanes of at least 4 members (excludes halogenated alkanes) is 2. The Balaban J connectivity index is 2.25. The third kappa shape index (κ3) is 5.41. The highest BCUT2D eigenvalue weighted by Crippen LogP contribution is 2.06. The van der Waals surface area contributed by atoms with Crippen molar-refractivity contribution in [1.29, 1.82) is 0 Å². The lowest BCUT2D eigenvalue weighted by atomic mass is 10.2. The molecular formula is C14H25N3O2. The van der Waals surface area contributed by atoms with Crippen LogP contribution in [-0.2, 0) is 28.9 Å². The van der Waals surface area contributed by atoms with Crippen molar-refractivity contribution in [3.05, 3.63) is 11.6 Å². The van der Waals surface area contributed by atoms with Gasteiger partial charge in [0.1, 0.15) is 5.82 Å². The van der Waals surface area contributed by atoms with Crippen LogP contribution in [0, 0.1) is 0 Å². The fourth-order valence-corrected chi connectivity index (χ4v) is 1.96. The van der Waals surface area contributed by atoms with E-state index in [1.807, 2.05) is 11.6 Å². The number of carbonyl (C=O) groups is 1. The number of aromatic nitrogens is 3. The average molecular weight is 267 g/mol. The molecule has 0 amide bonds. The van der Waals surface area contributed by atoms with Crippen LogP contribution in [0.25, 0.3) is 0 Å². The number of carbonyl (C=O) groups excluding carboxylic acids is 1. The zero-order valence-electron chi connectivity index (χ0n) is 12.3. The third-order valence-electron chi connectivity index (χ3n) is 2.98. The summed E-state index contributed by atoms with van der Waals surface area (Å²) in [5.74, 6) is 1.89. The van der Waals surface area contributed by atoms with Crippen molar-refractivity contribution < 1.29 is 9.53 Å². The summed E-state index contributed by atoms with van der Waals surface area (Å²) in [6.07, 6.45) is 5.24. The van der Waals surface area contributed by atoms with E-state index in [0.29, 0.717) is 13.0 Å². The molecule has 0 aliphatic rings. The molecule has 0 aliphatic heterocycles. The number of aryl methyl sites for hydroxylation is 3. The van der Waals surface area contributed by atoms with Gasteiger partial charge in [-0.05, 0) is 19.8 Å². The van der Waals surface area contributed by atoms with Gasteiger partial charge in [0.25, 0.3) is 0 Å². The number of ether oxygens (including phenoxy) is 1. The van der Waals surface area contributed by atoms with Gasteiger partial charge in [0, 0.05) is 25.8 Å². The number of esters is 1. The predicted molar refractivity (Wildman–Crippen MR) is 73.9 cm³/mol. The van der Waals surface area contributed by atoms with E-state index in [-0.39, 0.29) is 5.97 Å². The molecule has 0 aromatic carbocycles. The minimum Gasteiger partial charge on any atom is -0.466 e. The summed E-state index contributed by atoms with van der Waals surface area (Å²) in [5, 5.41) is 4.48. The Hall–Kier alpha value is -1.39. The quantitative estimate of drug-likeness (QED) is 0.509. The van der Waals surface area contributed by atoms with Gasteiger partial charge in [-0.2, -0.15) is 5.10 Å². The lowest BCUT2D eigenvalue weighted by molar-refractivity contribution is -0.143. The number of hydrogen-bond acceptors (Lipinski definition) is 4. The SMILES string of the molecule is CCOC(=O)CCCCCn1nc(CC)nc1CC. The van der Waals surface area contributed by atoms with Crippen LogP contribution in [0.15, 0.2) is 0 Å². The van der Waals surface area contributed by atoms with Crippen molar-refractivity contribution in [2.45, 2.75) is 65.8 Å². The number of hydrogen-bond donors (Lipinski definition) is 0. The Morgan fingerprint density at radius 1 is 1.16 bits per heavy atom. The molecule has 0 bridgehead atoms. The fourth-order valence-electron chi connectivity index (χ4n) is 1.96. The van der Waals surface area contributed by atoms with E-state index < -0.39 is 0 Å². The van der Waals surface area contributed by atoms with E-state index in [2.05, 4.69) is 23.9 Å². The van der Waals surface area contributed by atoms with Crippen LogP contribution < -0.4 is 0 Å². The first-order valence-electron chi connectivity index (χ1n) is 7.29. The zero-order chi connectivity index (χ0) is 14.1. The molecule has 0 atom stereocenters. The molecule has 5 nitrogen and oxygen atoms in total. The van der Waals surface area contributed by atoms with Crippen LogP contribution in [0.4, 0.5) is 0 Å². The standard InChI is InChI=1S/C14H25N3O2/c1-4-12-15-13(5-2)17(16-12)11-9-7-8-10-14(18)19-6-3/h4-11H2,1-3H3. The minimum absolute atomic E-state index is 0.0919. The van der Waals surface area contributed by atoms with Gasteiger partial charge >= 0.3 is 5.97 Å². The summed E-state index contributed by atoms with van der Waals surface area (Å²) in [7, 11) is 0. The summed E-state index contributed by atoms with van der Waals surface area (Å²) in [6, 6.07) is 0. The molecular weight excluding hydrogens is 242 g/mol. The van der Waals surface area contributed by atoms with Gasteiger partial charge in [0.05, 0.1) is 6.61 Å². The van der Waals surface area contributed by atoms with E-state index in [0.717, 1.165) is 50.3 Å². The zero-order valence-corrected chi connectivity index (χ0v) is 12.3. The molecule has 108 valence electrons. The highest BCUT2D eigenvalue weighted by Gasteiger charge is 2.06. The molecule has 0 fully saturated rings. The number of nitrogens with zero attached hydrogens (tertiary/aromatic N) is 3. The van der Waals surface area contributed by atoms with Gasteiger partial charge in [-0.15, -0.1) is 0 Å². The fraction of sp³-hybridized carbons (Fsp3) is 0.786. The van der Waals surface area contributed by atoms with E-state index in [1.165, 1.54) is 0 Å².